The normalized spacial score (nSPS) is 20.0. The van der Waals surface area contributed by atoms with Crippen LogP contribution in [0.5, 0.6) is 0 Å². The number of ether oxygens (including phenoxy) is 2. The zero-order valence-electron chi connectivity index (χ0n) is 8.77. The lowest BCUT2D eigenvalue weighted by Crippen LogP contribution is -2.16. The van der Waals surface area contributed by atoms with Gasteiger partial charge in [0.2, 0.25) is 0 Å². The molecule has 3 nitrogen and oxygen atoms in total. The van der Waals surface area contributed by atoms with E-state index < -0.39 is 0 Å². The fraction of sp³-hybridized carbons (Fsp3) is 0.250. The van der Waals surface area contributed by atoms with Crippen molar-refractivity contribution in [2.45, 2.75) is 12.5 Å². The summed E-state index contributed by atoms with van der Waals surface area (Å²) in [5.74, 6) is 0.263. The number of halogens is 1. The first-order valence-electron chi connectivity index (χ1n) is 4.89. The summed E-state index contributed by atoms with van der Waals surface area (Å²) in [5, 5.41) is 0.661. The molecule has 0 aromatic heterocycles. The highest BCUT2D eigenvalue weighted by Gasteiger charge is 2.23. The van der Waals surface area contributed by atoms with E-state index in [1.54, 1.807) is 19.2 Å². The van der Waals surface area contributed by atoms with Crippen molar-refractivity contribution in [1.82, 2.24) is 0 Å². The third-order valence-corrected chi connectivity index (χ3v) is 2.68. The van der Waals surface area contributed by atoms with Gasteiger partial charge in [-0.05, 0) is 17.7 Å². The van der Waals surface area contributed by atoms with Crippen LogP contribution in [0.25, 0.3) is 0 Å². The quantitative estimate of drug-likeness (QED) is 0.744. The summed E-state index contributed by atoms with van der Waals surface area (Å²) in [7, 11) is 1.54. The third kappa shape index (κ3) is 2.36. The number of cyclic esters (lactones) is 1. The first-order valence-corrected chi connectivity index (χ1v) is 5.27. The third-order valence-electron chi connectivity index (χ3n) is 2.43. The molecule has 1 aliphatic rings. The predicted molar refractivity (Wildman–Crippen MR) is 60.0 cm³/mol. The molecule has 0 unspecified atom stereocenters. The van der Waals surface area contributed by atoms with E-state index in [-0.39, 0.29) is 12.1 Å². The number of benzene rings is 1. The molecular formula is C12H11ClO3. The number of hydrogen-bond acceptors (Lipinski definition) is 3. The molecule has 1 aliphatic heterocycles. The lowest BCUT2D eigenvalue weighted by atomic mass is 10.0. The largest absolute Gasteiger partial charge is 0.501 e. The molecule has 0 saturated heterocycles. The number of hydrogen-bond donors (Lipinski definition) is 0. The molecule has 4 heteroatoms. The summed E-state index contributed by atoms with van der Waals surface area (Å²) in [6.45, 7) is 0. The number of carbonyl (C=O) groups is 1. The summed E-state index contributed by atoms with van der Waals surface area (Å²) in [4.78, 5) is 11.3. The fourth-order valence-electron chi connectivity index (χ4n) is 1.59. The molecule has 0 bridgehead atoms. The highest BCUT2D eigenvalue weighted by atomic mass is 35.5. The van der Waals surface area contributed by atoms with Crippen molar-refractivity contribution in [3.8, 4) is 0 Å². The molecule has 2 rings (SSSR count). The van der Waals surface area contributed by atoms with Crippen molar-refractivity contribution in [2.24, 2.45) is 0 Å². The highest BCUT2D eigenvalue weighted by molar-refractivity contribution is 6.30. The summed E-state index contributed by atoms with van der Waals surface area (Å²) in [5.41, 5.74) is 0.917. The van der Waals surface area contributed by atoms with Crippen LogP contribution >= 0.6 is 11.6 Å². The van der Waals surface area contributed by atoms with Crippen LogP contribution in [0.2, 0.25) is 5.02 Å². The van der Waals surface area contributed by atoms with E-state index in [4.69, 9.17) is 21.1 Å². The SMILES string of the molecule is COC1=CC(=O)O[C@H](c2ccc(Cl)cc2)C1. The molecule has 0 saturated carbocycles. The van der Waals surface area contributed by atoms with Gasteiger partial charge in [0, 0.05) is 11.4 Å². The zero-order chi connectivity index (χ0) is 11.5. The van der Waals surface area contributed by atoms with Gasteiger partial charge in [-0.2, -0.15) is 0 Å². The second-order valence-electron chi connectivity index (χ2n) is 3.50. The van der Waals surface area contributed by atoms with Crippen molar-refractivity contribution < 1.29 is 14.3 Å². The maximum Gasteiger partial charge on any atom is 0.334 e. The minimum absolute atomic E-state index is 0.287. The van der Waals surface area contributed by atoms with Crippen molar-refractivity contribution in [1.29, 1.82) is 0 Å². The van der Waals surface area contributed by atoms with Crippen LogP contribution < -0.4 is 0 Å². The monoisotopic (exact) mass is 238 g/mol. The van der Waals surface area contributed by atoms with Gasteiger partial charge in [0.15, 0.2) is 0 Å². The lowest BCUT2D eigenvalue weighted by Gasteiger charge is -2.22. The Morgan fingerprint density at radius 2 is 2.06 bits per heavy atom. The topological polar surface area (TPSA) is 35.5 Å². The maximum absolute atomic E-state index is 11.3. The Morgan fingerprint density at radius 1 is 1.38 bits per heavy atom. The number of rotatable bonds is 2. The number of methoxy groups -OCH3 is 1. The molecule has 1 atom stereocenters. The maximum atomic E-state index is 11.3. The Kier molecular flexibility index (Phi) is 3.15. The van der Waals surface area contributed by atoms with E-state index in [0.717, 1.165) is 5.56 Å². The summed E-state index contributed by atoms with van der Waals surface area (Å²) in [6.07, 6.45) is 1.64. The van der Waals surface area contributed by atoms with Gasteiger partial charge in [-0.15, -0.1) is 0 Å². The van der Waals surface area contributed by atoms with Crippen LogP contribution in [0.4, 0.5) is 0 Å². The summed E-state index contributed by atoms with van der Waals surface area (Å²) < 4.78 is 10.3. The van der Waals surface area contributed by atoms with Gasteiger partial charge in [-0.25, -0.2) is 4.79 Å². The van der Waals surface area contributed by atoms with Crippen LogP contribution in [0, 0.1) is 0 Å². The van der Waals surface area contributed by atoms with Gasteiger partial charge in [0.05, 0.1) is 13.2 Å². The predicted octanol–water partition coefficient (Wildman–Crippen LogP) is 2.86. The van der Waals surface area contributed by atoms with Gasteiger partial charge < -0.3 is 9.47 Å². The molecule has 84 valence electrons. The second kappa shape index (κ2) is 4.58. The number of carbonyl (C=O) groups excluding carboxylic acids is 1. The van der Waals surface area contributed by atoms with E-state index in [9.17, 15) is 4.79 Å². The first-order chi connectivity index (χ1) is 7.69. The van der Waals surface area contributed by atoms with E-state index in [2.05, 4.69) is 0 Å². The molecule has 0 N–H and O–H groups in total. The zero-order valence-corrected chi connectivity index (χ0v) is 9.53. The Labute approximate surface area is 98.6 Å². The number of esters is 1. The Morgan fingerprint density at radius 3 is 2.69 bits per heavy atom. The Hall–Kier alpha value is -1.48. The van der Waals surface area contributed by atoms with Crippen molar-refractivity contribution in [2.75, 3.05) is 7.11 Å². The van der Waals surface area contributed by atoms with Gasteiger partial charge in [0.1, 0.15) is 11.9 Å². The average molecular weight is 239 g/mol. The Balaban J connectivity index is 2.20. The summed E-state index contributed by atoms with van der Waals surface area (Å²) in [6, 6.07) is 7.24. The van der Waals surface area contributed by atoms with Crippen molar-refractivity contribution in [3.05, 3.63) is 46.7 Å². The van der Waals surface area contributed by atoms with E-state index in [1.165, 1.54) is 6.08 Å². The van der Waals surface area contributed by atoms with Gasteiger partial charge >= 0.3 is 5.97 Å². The molecule has 1 heterocycles. The van der Waals surface area contributed by atoms with Crippen molar-refractivity contribution in [3.63, 3.8) is 0 Å². The minimum Gasteiger partial charge on any atom is -0.501 e. The highest BCUT2D eigenvalue weighted by Crippen LogP contribution is 2.29. The van der Waals surface area contributed by atoms with E-state index in [0.29, 0.717) is 17.2 Å². The van der Waals surface area contributed by atoms with Gasteiger partial charge in [0.25, 0.3) is 0 Å². The van der Waals surface area contributed by atoms with E-state index >= 15 is 0 Å². The first kappa shape index (κ1) is 11.0. The molecule has 1 aromatic rings. The average Bonchev–Trinajstić information content (AvgIpc) is 2.29. The standard InChI is InChI=1S/C12H11ClO3/c1-15-10-6-11(16-12(14)7-10)8-2-4-9(13)5-3-8/h2-5,7,11H,6H2,1H3/t11-/m0/s1. The second-order valence-corrected chi connectivity index (χ2v) is 3.93. The minimum atomic E-state index is -0.372. The van der Waals surface area contributed by atoms with Crippen LogP contribution in [-0.2, 0) is 14.3 Å². The smallest absolute Gasteiger partial charge is 0.334 e. The summed E-state index contributed by atoms with van der Waals surface area (Å²) >= 11 is 5.79. The van der Waals surface area contributed by atoms with Crippen LogP contribution in [0.1, 0.15) is 18.1 Å². The van der Waals surface area contributed by atoms with Crippen LogP contribution in [0.3, 0.4) is 0 Å². The molecule has 1 aromatic carbocycles. The van der Waals surface area contributed by atoms with Crippen LogP contribution in [0.15, 0.2) is 36.1 Å². The van der Waals surface area contributed by atoms with Crippen molar-refractivity contribution >= 4 is 17.6 Å². The Bertz CT molecular complexity index is 422. The molecule has 0 radical (unpaired) electrons. The molecule has 0 aliphatic carbocycles. The molecule has 0 amide bonds. The molecule has 0 fully saturated rings. The lowest BCUT2D eigenvalue weighted by molar-refractivity contribution is -0.145. The van der Waals surface area contributed by atoms with E-state index in [1.807, 2.05) is 12.1 Å². The molecular weight excluding hydrogens is 228 g/mol. The molecule has 16 heavy (non-hydrogen) atoms. The fourth-order valence-corrected chi connectivity index (χ4v) is 1.72. The van der Waals surface area contributed by atoms with Crippen LogP contribution in [-0.4, -0.2) is 13.1 Å². The van der Waals surface area contributed by atoms with Gasteiger partial charge in [-0.1, -0.05) is 23.7 Å². The molecule has 0 spiro atoms. The van der Waals surface area contributed by atoms with Gasteiger partial charge in [-0.3, -0.25) is 0 Å².